The summed E-state index contributed by atoms with van der Waals surface area (Å²) in [6.07, 6.45) is 3.05. The minimum atomic E-state index is -2.95. The smallest absolute Gasteiger partial charge is 0.152 e. The highest BCUT2D eigenvalue weighted by molar-refractivity contribution is 9.10. The molecule has 2 rings (SSSR count). The van der Waals surface area contributed by atoms with Crippen molar-refractivity contribution >= 4 is 37.4 Å². The number of rotatable bonds is 5. The Morgan fingerprint density at radius 1 is 1.40 bits per heavy atom. The van der Waals surface area contributed by atoms with Gasteiger partial charge in [-0.1, -0.05) is 6.92 Å². The van der Waals surface area contributed by atoms with Gasteiger partial charge in [0.05, 0.1) is 17.0 Å². The molecule has 1 unspecified atom stereocenters. The molecule has 0 aromatic carbocycles. The predicted octanol–water partition coefficient (Wildman–Crippen LogP) is 2.05. The molecule has 0 aliphatic carbocycles. The lowest BCUT2D eigenvalue weighted by Crippen LogP contribution is -2.36. The molecule has 1 saturated heterocycles. The van der Waals surface area contributed by atoms with E-state index in [1.54, 1.807) is 0 Å². The Morgan fingerprint density at radius 2 is 2.10 bits per heavy atom. The molecule has 2 N–H and O–H groups in total. The van der Waals surface area contributed by atoms with Crippen LogP contribution in [0.5, 0.6) is 0 Å². The van der Waals surface area contributed by atoms with Crippen molar-refractivity contribution in [3.8, 4) is 0 Å². The van der Waals surface area contributed by atoms with Crippen LogP contribution in [-0.4, -0.2) is 42.0 Å². The maximum Gasteiger partial charge on any atom is 0.152 e. The van der Waals surface area contributed by atoms with E-state index < -0.39 is 15.4 Å². The van der Waals surface area contributed by atoms with E-state index in [4.69, 9.17) is 0 Å². The summed E-state index contributed by atoms with van der Waals surface area (Å²) in [6.45, 7) is 4.80. The molecule has 1 atom stereocenters. The largest absolute Gasteiger partial charge is 0.369 e. The number of hydrogen-bond donors (Lipinski definition) is 2. The summed E-state index contributed by atoms with van der Waals surface area (Å²) in [5.74, 6) is 1.70. The SMILES string of the molecule is CCCNc1ncnc(NC2(C)CCS(=O)(=O)C2)c1Br. The third-order valence-electron chi connectivity index (χ3n) is 3.26. The molecule has 8 heteroatoms. The second kappa shape index (κ2) is 5.85. The van der Waals surface area contributed by atoms with Crippen LogP contribution in [0, 0.1) is 0 Å². The van der Waals surface area contributed by atoms with Crippen LogP contribution < -0.4 is 10.6 Å². The van der Waals surface area contributed by atoms with Crippen molar-refractivity contribution in [2.75, 3.05) is 28.7 Å². The summed E-state index contributed by atoms with van der Waals surface area (Å²) in [7, 11) is -2.95. The van der Waals surface area contributed by atoms with Crippen LogP contribution in [0.4, 0.5) is 11.6 Å². The average Bonchev–Trinajstić information content (AvgIpc) is 2.65. The molecule has 112 valence electrons. The van der Waals surface area contributed by atoms with Gasteiger partial charge in [0.2, 0.25) is 0 Å². The number of aromatic nitrogens is 2. The second-order valence-corrected chi connectivity index (χ2v) is 8.32. The van der Waals surface area contributed by atoms with Gasteiger partial charge in [-0.25, -0.2) is 18.4 Å². The Labute approximate surface area is 127 Å². The van der Waals surface area contributed by atoms with Crippen LogP contribution in [-0.2, 0) is 9.84 Å². The predicted molar refractivity (Wildman–Crippen MR) is 83.8 cm³/mol. The molecule has 0 spiro atoms. The number of hydrogen-bond acceptors (Lipinski definition) is 6. The van der Waals surface area contributed by atoms with Crippen molar-refractivity contribution < 1.29 is 8.42 Å². The topological polar surface area (TPSA) is 84.0 Å². The summed E-state index contributed by atoms with van der Waals surface area (Å²) in [5.41, 5.74) is -0.474. The van der Waals surface area contributed by atoms with Crippen molar-refractivity contribution in [2.45, 2.75) is 32.2 Å². The first kappa shape index (κ1) is 15.5. The van der Waals surface area contributed by atoms with E-state index >= 15 is 0 Å². The Morgan fingerprint density at radius 3 is 2.70 bits per heavy atom. The van der Waals surface area contributed by atoms with Crippen LogP contribution in [0.3, 0.4) is 0 Å². The maximum absolute atomic E-state index is 11.6. The van der Waals surface area contributed by atoms with Crippen LogP contribution in [0.25, 0.3) is 0 Å². The summed E-state index contributed by atoms with van der Waals surface area (Å²) in [4.78, 5) is 8.37. The van der Waals surface area contributed by atoms with Crippen molar-refractivity contribution in [3.05, 3.63) is 10.8 Å². The summed E-state index contributed by atoms with van der Waals surface area (Å²) < 4.78 is 24.0. The van der Waals surface area contributed by atoms with E-state index in [-0.39, 0.29) is 11.5 Å². The maximum atomic E-state index is 11.6. The molecular formula is C12H19BrN4O2S. The monoisotopic (exact) mass is 362 g/mol. The quantitative estimate of drug-likeness (QED) is 0.833. The molecule has 6 nitrogen and oxygen atoms in total. The molecule has 0 radical (unpaired) electrons. The fourth-order valence-electron chi connectivity index (χ4n) is 2.22. The lowest BCUT2D eigenvalue weighted by Gasteiger charge is -2.25. The molecular weight excluding hydrogens is 344 g/mol. The number of sulfone groups is 1. The Kier molecular flexibility index (Phi) is 4.53. The average molecular weight is 363 g/mol. The van der Waals surface area contributed by atoms with Gasteiger partial charge < -0.3 is 10.6 Å². The zero-order chi connectivity index (χ0) is 14.8. The summed E-state index contributed by atoms with van der Waals surface area (Å²) in [5, 5.41) is 6.44. The fraction of sp³-hybridized carbons (Fsp3) is 0.667. The van der Waals surface area contributed by atoms with E-state index in [9.17, 15) is 8.42 Å². The fourth-order valence-corrected chi connectivity index (χ4v) is 4.76. The highest BCUT2D eigenvalue weighted by atomic mass is 79.9. The number of halogens is 1. The molecule has 1 aliphatic rings. The molecule has 2 heterocycles. The van der Waals surface area contributed by atoms with E-state index in [0.29, 0.717) is 18.1 Å². The normalized spacial score (nSPS) is 24.6. The minimum Gasteiger partial charge on any atom is -0.369 e. The van der Waals surface area contributed by atoms with Crippen molar-refractivity contribution in [1.82, 2.24) is 9.97 Å². The summed E-state index contributed by atoms with van der Waals surface area (Å²) >= 11 is 3.47. The van der Waals surface area contributed by atoms with Crippen LogP contribution in [0.1, 0.15) is 26.7 Å². The van der Waals surface area contributed by atoms with E-state index in [1.165, 1.54) is 6.33 Å². The van der Waals surface area contributed by atoms with Gasteiger partial charge in [0, 0.05) is 6.54 Å². The first-order valence-electron chi connectivity index (χ1n) is 6.58. The lowest BCUT2D eigenvalue weighted by atomic mass is 10.0. The second-order valence-electron chi connectivity index (χ2n) is 5.34. The Balaban J connectivity index is 2.18. The van der Waals surface area contributed by atoms with E-state index in [1.807, 2.05) is 6.92 Å². The molecule has 0 amide bonds. The number of anilines is 2. The van der Waals surface area contributed by atoms with Crippen LogP contribution in [0.2, 0.25) is 0 Å². The van der Waals surface area contributed by atoms with Gasteiger partial charge in [0.1, 0.15) is 22.4 Å². The van der Waals surface area contributed by atoms with Gasteiger partial charge in [-0.2, -0.15) is 0 Å². The highest BCUT2D eigenvalue weighted by Gasteiger charge is 2.39. The summed E-state index contributed by atoms with van der Waals surface area (Å²) in [6, 6.07) is 0. The third kappa shape index (κ3) is 3.60. The van der Waals surface area contributed by atoms with E-state index in [2.05, 4.69) is 43.5 Å². The molecule has 1 aromatic rings. The zero-order valence-corrected chi connectivity index (χ0v) is 14.0. The van der Waals surface area contributed by atoms with Gasteiger partial charge in [0.25, 0.3) is 0 Å². The van der Waals surface area contributed by atoms with Gasteiger partial charge in [-0.3, -0.25) is 0 Å². The molecule has 0 bridgehead atoms. The van der Waals surface area contributed by atoms with Gasteiger partial charge in [0.15, 0.2) is 9.84 Å². The van der Waals surface area contributed by atoms with Gasteiger partial charge >= 0.3 is 0 Å². The minimum absolute atomic E-state index is 0.133. The van der Waals surface area contributed by atoms with Crippen molar-refractivity contribution in [1.29, 1.82) is 0 Å². The van der Waals surface area contributed by atoms with Crippen LogP contribution in [0.15, 0.2) is 10.8 Å². The van der Waals surface area contributed by atoms with Crippen molar-refractivity contribution in [2.24, 2.45) is 0 Å². The first-order chi connectivity index (χ1) is 9.35. The molecule has 1 aliphatic heterocycles. The van der Waals surface area contributed by atoms with Gasteiger partial charge in [-0.15, -0.1) is 0 Å². The van der Waals surface area contributed by atoms with Crippen LogP contribution >= 0.6 is 15.9 Å². The molecule has 0 saturated carbocycles. The Bertz CT molecular complexity index is 593. The lowest BCUT2D eigenvalue weighted by molar-refractivity contribution is 0.571. The standard InChI is InChI=1S/C12H19BrN4O2S/c1-3-5-14-10-9(13)11(16-8-15-10)17-12(2)4-6-20(18,19)7-12/h8H,3-7H2,1-2H3,(H2,14,15,16,17). The molecule has 1 aromatic heterocycles. The van der Waals surface area contributed by atoms with Crippen molar-refractivity contribution in [3.63, 3.8) is 0 Å². The zero-order valence-electron chi connectivity index (χ0n) is 11.6. The highest BCUT2D eigenvalue weighted by Crippen LogP contribution is 2.32. The van der Waals surface area contributed by atoms with E-state index in [0.717, 1.165) is 17.4 Å². The van der Waals surface area contributed by atoms with Gasteiger partial charge in [-0.05, 0) is 35.7 Å². The molecule has 20 heavy (non-hydrogen) atoms. The third-order valence-corrected chi connectivity index (χ3v) is 5.91. The molecule has 1 fully saturated rings. The Hall–Kier alpha value is -0.890. The first-order valence-corrected chi connectivity index (χ1v) is 9.20. The number of nitrogens with zero attached hydrogens (tertiary/aromatic N) is 2. The number of nitrogens with one attached hydrogen (secondary N) is 2.